The largest absolute Gasteiger partial charge is 0.377 e. The molecule has 0 saturated carbocycles. The van der Waals surface area contributed by atoms with Gasteiger partial charge in [-0.15, -0.1) is 0 Å². The first-order valence-electron chi connectivity index (χ1n) is 5.00. The SMILES string of the molecule is CC1OCCC1Nc1ccc(Br)cc1F. The summed E-state index contributed by atoms with van der Waals surface area (Å²) in [7, 11) is 0. The highest BCUT2D eigenvalue weighted by molar-refractivity contribution is 9.10. The molecule has 0 spiro atoms. The van der Waals surface area contributed by atoms with E-state index in [9.17, 15) is 4.39 Å². The van der Waals surface area contributed by atoms with Gasteiger partial charge in [0.05, 0.1) is 17.8 Å². The van der Waals surface area contributed by atoms with E-state index in [1.807, 2.05) is 13.0 Å². The molecule has 1 aliphatic rings. The van der Waals surface area contributed by atoms with Gasteiger partial charge in [0.2, 0.25) is 0 Å². The molecule has 1 N–H and O–H groups in total. The topological polar surface area (TPSA) is 21.3 Å². The molecule has 0 radical (unpaired) electrons. The van der Waals surface area contributed by atoms with E-state index in [-0.39, 0.29) is 18.0 Å². The lowest BCUT2D eigenvalue weighted by molar-refractivity contribution is 0.121. The summed E-state index contributed by atoms with van der Waals surface area (Å²) in [5, 5.41) is 3.17. The summed E-state index contributed by atoms with van der Waals surface area (Å²) in [6.07, 6.45) is 1.07. The average molecular weight is 274 g/mol. The van der Waals surface area contributed by atoms with Gasteiger partial charge in [0.25, 0.3) is 0 Å². The first-order valence-corrected chi connectivity index (χ1v) is 5.79. The van der Waals surface area contributed by atoms with Crippen molar-refractivity contribution in [1.82, 2.24) is 0 Å². The minimum Gasteiger partial charge on any atom is -0.377 e. The zero-order valence-corrected chi connectivity index (χ0v) is 10.1. The second-order valence-electron chi connectivity index (χ2n) is 3.74. The summed E-state index contributed by atoms with van der Waals surface area (Å²) in [5.74, 6) is -0.233. The molecule has 2 unspecified atom stereocenters. The predicted octanol–water partition coefficient (Wildman–Crippen LogP) is 3.18. The van der Waals surface area contributed by atoms with Crippen molar-refractivity contribution in [1.29, 1.82) is 0 Å². The molecule has 2 rings (SSSR count). The molecular formula is C11H13BrFNO. The highest BCUT2D eigenvalue weighted by atomic mass is 79.9. The van der Waals surface area contributed by atoms with E-state index in [0.29, 0.717) is 5.69 Å². The van der Waals surface area contributed by atoms with Gasteiger partial charge < -0.3 is 10.1 Å². The van der Waals surface area contributed by atoms with E-state index >= 15 is 0 Å². The van der Waals surface area contributed by atoms with Gasteiger partial charge >= 0.3 is 0 Å². The molecule has 2 atom stereocenters. The Labute approximate surface area is 96.9 Å². The number of hydrogen-bond acceptors (Lipinski definition) is 2. The Bertz CT molecular complexity index is 358. The molecule has 15 heavy (non-hydrogen) atoms. The van der Waals surface area contributed by atoms with Gasteiger partial charge in [-0.05, 0) is 31.5 Å². The number of halogens is 2. The van der Waals surface area contributed by atoms with Crippen LogP contribution in [0.3, 0.4) is 0 Å². The third-order valence-corrected chi connectivity index (χ3v) is 3.14. The maximum Gasteiger partial charge on any atom is 0.147 e. The summed E-state index contributed by atoms with van der Waals surface area (Å²) < 4.78 is 19.7. The standard InChI is InChI=1S/C11H13BrFNO/c1-7-10(4-5-15-7)14-11-3-2-8(12)6-9(11)13/h2-3,6-7,10,14H,4-5H2,1H3. The Morgan fingerprint density at radius 1 is 1.53 bits per heavy atom. The van der Waals surface area contributed by atoms with E-state index < -0.39 is 0 Å². The van der Waals surface area contributed by atoms with Crippen molar-refractivity contribution in [3.05, 3.63) is 28.5 Å². The third-order valence-electron chi connectivity index (χ3n) is 2.65. The zero-order valence-electron chi connectivity index (χ0n) is 8.47. The maximum absolute atomic E-state index is 13.5. The van der Waals surface area contributed by atoms with Crippen LogP contribution < -0.4 is 5.32 Å². The second-order valence-corrected chi connectivity index (χ2v) is 4.66. The average Bonchev–Trinajstić information content (AvgIpc) is 2.57. The quantitative estimate of drug-likeness (QED) is 0.894. The number of anilines is 1. The first-order chi connectivity index (χ1) is 7.16. The summed E-state index contributed by atoms with van der Waals surface area (Å²) in [6, 6.07) is 5.24. The number of benzene rings is 1. The number of hydrogen-bond donors (Lipinski definition) is 1. The monoisotopic (exact) mass is 273 g/mol. The lowest BCUT2D eigenvalue weighted by Crippen LogP contribution is -2.27. The van der Waals surface area contributed by atoms with Gasteiger partial charge in [0, 0.05) is 11.1 Å². The Morgan fingerprint density at radius 2 is 2.33 bits per heavy atom. The molecule has 1 heterocycles. The predicted molar refractivity (Wildman–Crippen MR) is 61.5 cm³/mol. The fraction of sp³-hybridized carbons (Fsp3) is 0.455. The molecule has 1 aromatic rings. The fourth-order valence-electron chi connectivity index (χ4n) is 1.73. The van der Waals surface area contributed by atoms with Gasteiger partial charge in [0.15, 0.2) is 0 Å². The Morgan fingerprint density at radius 3 is 2.93 bits per heavy atom. The van der Waals surface area contributed by atoms with Crippen LogP contribution in [0.1, 0.15) is 13.3 Å². The maximum atomic E-state index is 13.5. The lowest BCUT2D eigenvalue weighted by atomic mass is 10.1. The van der Waals surface area contributed by atoms with Crippen LogP contribution in [0.15, 0.2) is 22.7 Å². The normalized spacial score (nSPS) is 25.5. The van der Waals surface area contributed by atoms with Crippen molar-refractivity contribution in [3.8, 4) is 0 Å². The highest BCUT2D eigenvalue weighted by Gasteiger charge is 2.24. The first kappa shape index (κ1) is 10.9. The van der Waals surface area contributed by atoms with Crippen LogP contribution in [-0.4, -0.2) is 18.8 Å². The van der Waals surface area contributed by atoms with Gasteiger partial charge in [-0.1, -0.05) is 15.9 Å². The Kier molecular flexibility index (Phi) is 3.26. The molecule has 0 bridgehead atoms. The van der Waals surface area contributed by atoms with Gasteiger partial charge in [-0.2, -0.15) is 0 Å². The van der Waals surface area contributed by atoms with Crippen molar-refractivity contribution < 1.29 is 9.13 Å². The molecule has 0 aliphatic carbocycles. The summed E-state index contributed by atoms with van der Waals surface area (Å²) in [5.41, 5.74) is 0.542. The van der Waals surface area contributed by atoms with Gasteiger partial charge in [-0.25, -0.2) is 4.39 Å². The molecule has 2 nitrogen and oxygen atoms in total. The Balaban J connectivity index is 2.10. The minimum atomic E-state index is -0.233. The number of nitrogens with one attached hydrogen (secondary N) is 1. The molecular weight excluding hydrogens is 261 g/mol. The Hall–Kier alpha value is -0.610. The van der Waals surface area contributed by atoms with Crippen LogP contribution in [0, 0.1) is 5.82 Å². The molecule has 82 valence electrons. The van der Waals surface area contributed by atoms with Crippen LogP contribution in [0.25, 0.3) is 0 Å². The summed E-state index contributed by atoms with van der Waals surface area (Å²) in [4.78, 5) is 0. The van der Waals surface area contributed by atoms with E-state index in [1.54, 1.807) is 6.07 Å². The lowest BCUT2D eigenvalue weighted by Gasteiger charge is -2.17. The summed E-state index contributed by atoms with van der Waals surface area (Å²) in [6.45, 7) is 2.75. The van der Waals surface area contributed by atoms with Crippen molar-refractivity contribution >= 4 is 21.6 Å². The molecule has 1 aromatic carbocycles. The van der Waals surface area contributed by atoms with Crippen molar-refractivity contribution in [2.24, 2.45) is 0 Å². The van der Waals surface area contributed by atoms with Crippen LogP contribution in [0.5, 0.6) is 0 Å². The second kappa shape index (κ2) is 4.49. The highest BCUT2D eigenvalue weighted by Crippen LogP contribution is 2.23. The van der Waals surface area contributed by atoms with E-state index in [0.717, 1.165) is 17.5 Å². The number of rotatable bonds is 2. The zero-order chi connectivity index (χ0) is 10.8. The third kappa shape index (κ3) is 2.49. The van der Waals surface area contributed by atoms with E-state index in [1.165, 1.54) is 6.07 Å². The van der Waals surface area contributed by atoms with E-state index in [2.05, 4.69) is 21.2 Å². The smallest absolute Gasteiger partial charge is 0.147 e. The van der Waals surface area contributed by atoms with Crippen molar-refractivity contribution in [2.75, 3.05) is 11.9 Å². The molecule has 1 aliphatic heterocycles. The van der Waals surface area contributed by atoms with Crippen LogP contribution >= 0.6 is 15.9 Å². The molecule has 4 heteroatoms. The van der Waals surface area contributed by atoms with Crippen molar-refractivity contribution in [3.63, 3.8) is 0 Å². The molecule has 0 amide bonds. The molecule has 0 aromatic heterocycles. The number of ether oxygens (including phenoxy) is 1. The molecule has 1 fully saturated rings. The van der Waals surface area contributed by atoms with E-state index in [4.69, 9.17) is 4.74 Å². The van der Waals surface area contributed by atoms with Crippen LogP contribution in [0.4, 0.5) is 10.1 Å². The minimum absolute atomic E-state index is 0.146. The fourth-order valence-corrected chi connectivity index (χ4v) is 2.06. The molecule has 1 saturated heterocycles. The van der Waals surface area contributed by atoms with Crippen molar-refractivity contribution in [2.45, 2.75) is 25.5 Å². The van der Waals surface area contributed by atoms with Crippen LogP contribution in [-0.2, 0) is 4.74 Å². The van der Waals surface area contributed by atoms with Crippen LogP contribution in [0.2, 0.25) is 0 Å². The van der Waals surface area contributed by atoms with Gasteiger partial charge in [-0.3, -0.25) is 0 Å². The van der Waals surface area contributed by atoms with Gasteiger partial charge in [0.1, 0.15) is 5.82 Å². The summed E-state index contributed by atoms with van der Waals surface area (Å²) >= 11 is 3.23.